The Hall–Kier alpha value is -3.58. The van der Waals surface area contributed by atoms with E-state index in [1.165, 1.54) is 48.5 Å². The van der Waals surface area contributed by atoms with Crippen LogP contribution in [0.2, 0.25) is 0 Å². The summed E-state index contributed by atoms with van der Waals surface area (Å²) >= 11 is 0. The molecule has 0 aliphatic rings. The lowest BCUT2D eigenvalue weighted by atomic mass is 10.1. The number of azo groups is 1. The molecule has 0 heterocycles. The molecule has 0 saturated heterocycles. The van der Waals surface area contributed by atoms with Crippen LogP contribution in [-0.4, -0.2) is 36.2 Å². The predicted octanol–water partition coefficient (Wildman–Crippen LogP) is 4.31. The van der Waals surface area contributed by atoms with Crippen molar-refractivity contribution in [1.82, 2.24) is 0 Å². The third kappa shape index (κ3) is 3.76. The number of benzene rings is 4. The number of rotatable bonds is 4. The van der Waals surface area contributed by atoms with Crippen LogP contribution in [0.15, 0.2) is 80.7 Å². The first-order valence-electron chi connectivity index (χ1n) is 8.84. The summed E-state index contributed by atoms with van der Waals surface area (Å²) in [6.07, 6.45) is 0. The van der Waals surface area contributed by atoms with Gasteiger partial charge in [0.2, 0.25) is 0 Å². The molecule has 0 fully saturated rings. The van der Waals surface area contributed by atoms with E-state index in [2.05, 4.69) is 10.2 Å². The van der Waals surface area contributed by atoms with E-state index < -0.39 is 41.5 Å². The Morgan fingerprint density at radius 2 is 0.875 bits per heavy atom. The van der Waals surface area contributed by atoms with Crippen molar-refractivity contribution in [3.63, 3.8) is 0 Å². The number of hydrogen-bond acceptors (Lipinski definition) is 8. The number of aromatic hydroxyl groups is 2. The van der Waals surface area contributed by atoms with Crippen molar-refractivity contribution < 1.29 is 36.2 Å². The quantitative estimate of drug-likeness (QED) is 0.250. The van der Waals surface area contributed by atoms with Crippen molar-refractivity contribution in [3.05, 3.63) is 60.7 Å². The molecule has 164 valence electrons. The predicted molar refractivity (Wildman–Crippen MR) is 115 cm³/mol. The van der Waals surface area contributed by atoms with Gasteiger partial charge in [-0.1, -0.05) is 48.5 Å². The molecule has 0 bridgehead atoms. The molecule has 4 rings (SSSR count). The molecule has 4 N–H and O–H groups in total. The zero-order valence-corrected chi connectivity index (χ0v) is 17.5. The van der Waals surface area contributed by atoms with Crippen molar-refractivity contribution in [2.24, 2.45) is 10.2 Å². The van der Waals surface area contributed by atoms with E-state index in [1.807, 2.05) is 0 Å². The molecule has 0 aromatic heterocycles. The van der Waals surface area contributed by atoms with Crippen LogP contribution in [0.4, 0.5) is 11.4 Å². The fraction of sp³-hybridized carbons (Fsp3) is 0. The Bertz CT molecular complexity index is 1520. The molecular formula is C20H14N2O8S2. The molecule has 4 aromatic rings. The van der Waals surface area contributed by atoms with E-state index >= 15 is 0 Å². The van der Waals surface area contributed by atoms with E-state index in [0.717, 1.165) is 12.1 Å². The first kappa shape index (κ1) is 21.6. The van der Waals surface area contributed by atoms with Gasteiger partial charge in [0.15, 0.2) is 11.5 Å². The Morgan fingerprint density at radius 1 is 0.562 bits per heavy atom. The highest BCUT2D eigenvalue weighted by Crippen LogP contribution is 2.42. The SMILES string of the molecule is O=S(=O)(O)c1cc(N=Nc2cc(S(=O)(=O)O)c3ccccc3c2O)c(O)c2ccccc12. The van der Waals surface area contributed by atoms with Gasteiger partial charge in [-0.15, -0.1) is 10.2 Å². The average Bonchev–Trinajstić information content (AvgIpc) is 2.73. The van der Waals surface area contributed by atoms with Gasteiger partial charge in [0.25, 0.3) is 20.2 Å². The Morgan fingerprint density at radius 3 is 1.19 bits per heavy atom. The minimum atomic E-state index is -4.69. The minimum Gasteiger partial charge on any atom is -0.505 e. The van der Waals surface area contributed by atoms with Crippen LogP contribution in [0.5, 0.6) is 11.5 Å². The highest BCUT2D eigenvalue weighted by atomic mass is 32.2. The number of phenols is 2. The maximum atomic E-state index is 11.8. The molecule has 10 nitrogen and oxygen atoms in total. The van der Waals surface area contributed by atoms with E-state index in [1.54, 1.807) is 0 Å². The standard InChI is InChI=1S/C20H14N2O8S2/c23-19-13-7-3-1-5-11(13)17(31(25,26)27)9-15(19)21-22-16-10-18(32(28,29)30)12-6-2-4-8-14(12)20(16)24/h1-10,23-24H,(H,25,26,27)(H,28,29,30). The van der Waals surface area contributed by atoms with Gasteiger partial charge in [0, 0.05) is 21.5 Å². The first-order chi connectivity index (χ1) is 15.0. The van der Waals surface area contributed by atoms with Crippen molar-refractivity contribution in [2.75, 3.05) is 0 Å². The lowest BCUT2D eigenvalue weighted by molar-refractivity contribution is 0.476. The maximum Gasteiger partial charge on any atom is 0.295 e. The summed E-state index contributed by atoms with van der Waals surface area (Å²) in [7, 11) is -9.38. The molecule has 0 radical (unpaired) electrons. The fourth-order valence-electron chi connectivity index (χ4n) is 3.31. The third-order valence-electron chi connectivity index (χ3n) is 4.74. The van der Waals surface area contributed by atoms with Gasteiger partial charge < -0.3 is 10.2 Å². The summed E-state index contributed by atoms with van der Waals surface area (Å²) in [6.45, 7) is 0. The van der Waals surface area contributed by atoms with Gasteiger partial charge in [0.1, 0.15) is 21.2 Å². The molecular weight excluding hydrogens is 460 g/mol. The van der Waals surface area contributed by atoms with Gasteiger partial charge in [-0.2, -0.15) is 16.8 Å². The zero-order chi connectivity index (χ0) is 23.3. The molecule has 0 atom stereocenters. The van der Waals surface area contributed by atoms with Crippen LogP contribution >= 0.6 is 0 Å². The second kappa shape index (κ2) is 7.53. The van der Waals surface area contributed by atoms with Gasteiger partial charge in [-0.05, 0) is 12.1 Å². The van der Waals surface area contributed by atoms with Gasteiger partial charge in [0.05, 0.1) is 0 Å². The number of nitrogens with zero attached hydrogens (tertiary/aromatic N) is 2. The average molecular weight is 474 g/mol. The number of phenolic OH excluding ortho intramolecular Hbond substituents is 2. The summed E-state index contributed by atoms with van der Waals surface area (Å²) in [4.78, 5) is -1.05. The molecule has 0 unspecified atom stereocenters. The van der Waals surface area contributed by atoms with E-state index in [9.17, 15) is 36.2 Å². The van der Waals surface area contributed by atoms with Crippen molar-refractivity contribution >= 4 is 53.2 Å². The number of fused-ring (bicyclic) bond motifs is 2. The molecule has 4 aromatic carbocycles. The minimum absolute atomic E-state index is 0.0497. The van der Waals surface area contributed by atoms with E-state index in [-0.39, 0.29) is 32.9 Å². The van der Waals surface area contributed by atoms with Crippen LogP contribution in [-0.2, 0) is 20.2 Å². The second-order valence-corrected chi connectivity index (χ2v) is 9.51. The largest absolute Gasteiger partial charge is 0.505 e. The highest BCUT2D eigenvalue weighted by Gasteiger charge is 2.21. The third-order valence-corrected chi connectivity index (χ3v) is 6.52. The summed E-state index contributed by atoms with van der Waals surface area (Å²) in [6, 6.07) is 13.4. The summed E-state index contributed by atoms with van der Waals surface area (Å²) in [5.74, 6) is -0.904. The normalized spacial score (nSPS) is 12.7. The summed E-state index contributed by atoms with van der Waals surface area (Å²) < 4.78 is 66.3. The molecule has 0 aliphatic heterocycles. The van der Waals surface area contributed by atoms with Gasteiger partial charge in [-0.3, -0.25) is 9.11 Å². The fourth-order valence-corrected chi connectivity index (χ4v) is 4.75. The Kier molecular flexibility index (Phi) is 5.09. The zero-order valence-electron chi connectivity index (χ0n) is 15.9. The van der Waals surface area contributed by atoms with Crippen LogP contribution in [0.25, 0.3) is 21.5 Å². The topological polar surface area (TPSA) is 174 Å². The lowest BCUT2D eigenvalue weighted by Gasteiger charge is -2.09. The van der Waals surface area contributed by atoms with Crippen LogP contribution < -0.4 is 0 Å². The molecule has 32 heavy (non-hydrogen) atoms. The molecule has 0 spiro atoms. The van der Waals surface area contributed by atoms with E-state index in [4.69, 9.17) is 0 Å². The monoisotopic (exact) mass is 474 g/mol. The van der Waals surface area contributed by atoms with Crippen molar-refractivity contribution in [1.29, 1.82) is 0 Å². The molecule has 0 amide bonds. The van der Waals surface area contributed by atoms with Crippen LogP contribution in [0.3, 0.4) is 0 Å². The maximum absolute atomic E-state index is 11.8. The first-order valence-corrected chi connectivity index (χ1v) is 11.7. The molecule has 12 heteroatoms. The molecule has 0 aliphatic carbocycles. The Balaban J connectivity index is 1.97. The number of hydrogen-bond donors (Lipinski definition) is 4. The van der Waals surface area contributed by atoms with Gasteiger partial charge >= 0.3 is 0 Å². The molecule has 0 saturated carbocycles. The lowest BCUT2D eigenvalue weighted by Crippen LogP contribution is -1.99. The summed E-state index contributed by atoms with van der Waals surface area (Å²) in [5, 5.41) is 28.8. The second-order valence-electron chi connectivity index (χ2n) is 6.73. The van der Waals surface area contributed by atoms with E-state index in [0.29, 0.717) is 0 Å². The van der Waals surface area contributed by atoms with Crippen molar-refractivity contribution in [2.45, 2.75) is 9.79 Å². The smallest absolute Gasteiger partial charge is 0.295 e. The van der Waals surface area contributed by atoms with Crippen LogP contribution in [0.1, 0.15) is 0 Å². The highest BCUT2D eigenvalue weighted by molar-refractivity contribution is 7.86. The van der Waals surface area contributed by atoms with Crippen LogP contribution in [0, 0.1) is 0 Å². The van der Waals surface area contributed by atoms with Crippen molar-refractivity contribution in [3.8, 4) is 11.5 Å². The summed E-state index contributed by atoms with van der Waals surface area (Å²) in [5.41, 5.74) is -0.727. The van der Waals surface area contributed by atoms with Gasteiger partial charge in [-0.25, -0.2) is 0 Å². The Labute approximate surface area is 181 Å².